The van der Waals surface area contributed by atoms with Gasteiger partial charge < -0.3 is 14.6 Å². The quantitative estimate of drug-likeness (QED) is 0.0970. The van der Waals surface area contributed by atoms with E-state index in [0.29, 0.717) is 46.1 Å². The molecule has 3 aromatic carbocycles. The van der Waals surface area contributed by atoms with Gasteiger partial charge in [0.1, 0.15) is 23.1 Å². The Kier molecular flexibility index (Phi) is 8.11. The number of carbonyl (C=O) groups is 2. The van der Waals surface area contributed by atoms with Crippen molar-refractivity contribution in [3.05, 3.63) is 89.2 Å². The lowest BCUT2D eigenvalue weighted by Gasteiger charge is -2.23. The predicted octanol–water partition coefficient (Wildman–Crippen LogP) is 7.03. The molecule has 0 bridgehead atoms. The number of nitrogens with zero attached hydrogens (tertiary/aromatic N) is 2. The molecule has 1 atom stereocenters. The number of ketones is 1. The number of thiazole rings is 1. The molecule has 9 heteroatoms. The van der Waals surface area contributed by atoms with Crippen molar-refractivity contribution in [3.8, 4) is 11.5 Å². The van der Waals surface area contributed by atoms with E-state index in [4.69, 9.17) is 9.47 Å². The Morgan fingerprint density at radius 2 is 1.80 bits per heavy atom. The van der Waals surface area contributed by atoms with E-state index in [9.17, 15) is 19.1 Å². The third-order valence-corrected chi connectivity index (χ3v) is 7.64. The number of carbonyl (C=O) groups excluding carboxylic acids is 2. The van der Waals surface area contributed by atoms with Crippen LogP contribution in [-0.4, -0.2) is 35.0 Å². The highest BCUT2D eigenvalue weighted by atomic mass is 32.1. The first kappa shape index (κ1) is 27.3. The number of halogens is 1. The number of aromatic nitrogens is 1. The smallest absolute Gasteiger partial charge is 0.301 e. The predicted molar refractivity (Wildman–Crippen MR) is 153 cm³/mol. The van der Waals surface area contributed by atoms with Crippen molar-refractivity contribution in [1.82, 2.24) is 4.98 Å². The van der Waals surface area contributed by atoms with Crippen LogP contribution in [-0.2, 0) is 9.59 Å². The second-order valence-corrected chi connectivity index (χ2v) is 10.4. The van der Waals surface area contributed by atoms with E-state index in [2.05, 4.69) is 11.9 Å². The summed E-state index contributed by atoms with van der Waals surface area (Å²) in [5, 5.41) is 11.6. The van der Waals surface area contributed by atoms with Crippen molar-refractivity contribution in [1.29, 1.82) is 0 Å². The number of ether oxygens (including phenoxy) is 2. The number of anilines is 1. The molecule has 1 N–H and O–H groups in total. The van der Waals surface area contributed by atoms with E-state index in [1.807, 2.05) is 13.0 Å². The van der Waals surface area contributed by atoms with Crippen LogP contribution >= 0.6 is 11.3 Å². The number of hydrogen-bond donors (Lipinski definition) is 1. The van der Waals surface area contributed by atoms with Gasteiger partial charge in [-0.1, -0.05) is 43.2 Å². The lowest BCUT2D eigenvalue weighted by atomic mass is 9.95. The van der Waals surface area contributed by atoms with Crippen LogP contribution < -0.4 is 14.4 Å². The fourth-order valence-electron chi connectivity index (χ4n) is 4.68. The number of hydrogen-bond acceptors (Lipinski definition) is 7. The molecule has 1 aromatic heterocycles. The molecule has 206 valence electrons. The van der Waals surface area contributed by atoms with Crippen molar-refractivity contribution in [2.24, 2.45) is 0 Å². The molecule has 1 saturated heterocycles. The molecule has 5 rings (SSSR count). The maximum atomic E-state index is 13.9. The summed E-state index contributed by atoms with van der Waals surface area (Å²) in [6.45, 7) is 5.00. The third-order valence-electron chi connectivity index (χ3n) is 6.62. The molecule has 1 aliphatic heterocycles. The first-order valence-corrected chi connectivity index (χ1v) is 14.1. The summed E-state index contributed by atoms with van der Waals surface area (Å²) in [4.78, 5) is 32.8. The lowest BCUT2D eigenvalue weighted by Crippen LogP contribution is -2.29. The Bertz CT molecular complexity index is 1580. The Morgan fingerprint density at radius 1 is 1.00 bits per heavy atom. The van der Waals surface area contributed by atoms with Gasteiger partial charge in [0, 0.05) is 5.56 Å². The highest BCUT2D eigenvalue weighted by Gasteiger charge is 2.48. The number of fused-ring (bicyclic) bond motifs is 1. The number of Topliss-reactive ketones (excluding diaryl/α,β-unsaturated/α-hetero) is 1. The summed E-state index contributed by atoms with van der Waals surface area (Å²) in [5.74, 6) is -1.19. The van der Waals surface area contributed by atoms with Crippen LogP contribution in [0, 0.1) is 5.82 Å². The van der Waals surface area contributed by atoms with Gasteiger partial charge in [-0.15, -0.1) is 0 Å². The highest BCUT2D eigenvalue weighted by Crippen LogP contribution is 2.45. The standard InChI is InChI=1S/C31H29FN2O5S/c1-3-5-6-16-39-23-9-7-8-20(17-23)27-26(28(35)19-10-13-22(14-11-19)38-4-2)29(36)30(37)34(27)31-33-24-15-12-21(32)18-25(24)40-31/h7-15,17-18,27,35H,3-6,16H2,1-2H3/b28-26+. The highest BCUT2D eigenvalue weighted by molar-refractivity contribution is 7.22. The minimum absolute atomic E-state index is 0.0669. The fourth-order valence-corrected chi connectivity index (χ4v) is 5.70. The molecule has 7 nitrogen and oxygen atoms in total. The monoisotopic (exact) mass is 560 g/mol. The molecule has 40 heavy (non-hydrogen) atoms. The molecule has 1 aliphatic rings. The SMILES string of the molecule is CCCCCOc1cccc(C2/C(=C(\O)c3ccc(OCC)cc3)C(=O)C(=O)N2c2nc3ccc(F)cc3s2)c1. The van der Waals surface area contributed by atoms with Gasteiger partial charge in [0.25, 0.3) is 5.78 Å². The van der Waals surface area contributed by atoms with Crippen LogP contribution in [0.2, 0.25) is 0 Å². The van der Waals surface area contributed by atoms with Gasteiger partial charge in [0.2, 0.25) is 0 Å². The molecule has 2 heterocycles. The van der Waals surface area contributed by atoms with Gasteiger partial charge >= 0.3 is 5.91 Å². The van der Waals surface area contributed by atoms with Crippen LogP contribution in [0.1, 0.15) is 50.3 Å². The first-order valence-electron chi connectivity index (χ1n) is 13.2. The molecule has 0 saturated carbocycles. The maximum Gasteiger partial charge on any atom is 0.301 e. The van der Waals surface area contributed by atoms with Crippen LogP contribution in [0.15, 0.2) is 72.3 Å². The van der Waals surface area contributed by atoms with Crippen molar-refractivity contribution < 1.29 is 28.6 Å². The van der Waals surface area contributed by atoms with E-state index in [-0.39, 0.29) is 16.5 Å². The summed E-state index contributed by atoms with van der Waals surface area (Å²) in [6, 6.07) is 17.0. The van der Waals surface area contributed by atoms with E-state index < -0.39 is 23.5 Å². The molecule has 1 fully saturated rings. The Morgan fingerprint density at radius 3 is 2.55 bits per heavy atom. The molecule has 1 amide bonds. The Hall–Kier alpha value is -4.24. The molecular formula is C31H29FN2O5S. The molecule has 0 aliphatic carbocycles. The van der Waals surface area contributed by atoms with Gasteiger partial charge in [-0.05, 0) is 73.5 Å². The number of unbranched alkanes of at least 4 members (excludes halogenated alkanes) is 2. The van der Waals surface area contributed by atoms with Gasteiger partial charge in [-0.25, -0.2) is 9.37 Å². The Labute approximate surface area is 235 Å². The number of benzene rings is 3. The van der Waals surface area contributed by atoms with E-state index >= 15 is 0 Å². The fraction of sp³-hybridized carbons (Fsp3) is 0.258. The largest absolute Gasteiger partial charge is 0.507 e. The zero-order chi connectivity index (χ0) is 28.2. The molecule has 4 aromatic rings. The van der Waals surface area contributed by atoms with Gasteiger partial charge in [0.05, 0.1) is 35.0 Å². The van der Waals surface area contributed by atoms with Crippen molar-refractivity contribution in [2.75, 3.05) is 18.1 Å². The maximum absolute atomic E-state index is 13.9. The number of amides is 1. The van der Waals surface area contributed by atoms with E-state index in [1.54, 1.807) is 42.5 Å². The molecule has 1 unspecified atom stereocenters. The molecule has 0 spiro atoms. The normalized spacial score (nSPS) is 16.6. The average molecular weight is 561 g/mol. The van der Waals surface area contributed by atoms with Gasteiger partial charge in [0.15, 0.2) is 5.13 Å². The van der Waals surface area contributed by atoms with E-state index in [0.717, 1.165) is 30.6 Å². The number of aliphatic hydroxyl groups excluding tert-OH is 1. The van der Waals surface area contributed by atoms with Gasteiger partial charge in [-0.2, -0.15) is 0 Å². The minimum Gasteiger partial charge on any atom is -0.507 e. The van der Waals surface area contributed by atoms with Crippen molar-refractivity contribution >= 4 is 44.1 Å². The molecule has 0 radical (unpaired) electrons. The van der Waals surface area contributed by atoms with Crippen molar-refractivity contribution in [2.45, 2.75) is 39.2 Å². The van der Waals surface area contributed by atoms with Crippen LogP contribution in [0.3, 0.4) is 0 Å². The number of rotatable bonds is 10. The Balaban J connectivity index is 1.62. The minimum atomic E-state index is -0.976. The zero-order valence-electron chi connectivity index (χ0n) is 22.2. The summed E-state index contributed by atoms with van der Waals surface area (Å²) < 4.78 is 25.9. The van der Waals surface area contributed by atoms with E-state index in [1.165, 1.54) is 23.1 Å². The van der Waals surface area contributed by atoms with Crippen LogP contribution in [0.4, 0.5) is 9.52 Å². The van der Waals surface area contributed by atoms with Crippen LogP contribution in [0.5, 0.6) is 11.5 Å². The summed E-state index contributed by atoms with van der Waals surface area (Å²) in [7, 11) is 0. The summed E-state index contributed by atoms with van der Waals surface area (Å²) in [6.07, 6.45) is 3.01. The second kappa shape index (κ2) is 11.9. The van der Waals surface area contributed by atoms with Gasteiger partial charge in [-0.3, -0.25) is 14.5 Å². The third kappa shape index (κ3) is 5.42. The lowest BCUT2D eigenvalue weighted by molar-refractivity contribution is -0.132. The summed E-state index contributed by atoms with van der Waals surface area (Å²) >= 11 is 1.10. The van der Waals surface area contributed by atoms with Crippen LogP contribution in [0.25, 0.3) is 16.0 Å². The topological polar surface area (TPSA) is 89.0 Å². The molecular weight excluding hydrogens is 531 g/mol. The second-order valence-electron chi connectivity index (χ2n) is 9.36. The number of aliphatic hydroxyl groups is 1. The van der Waals surface area contributed by atoms with Crippen molar-refractivity contribution in [3.63, 3.8) is 0 Å². The zero-order valence-corrected chi connectivity index (χ0v) is 23.0. The summed E-state index contributed by atoms with van der Waals surface area (Å²) in [5.41, 5.74) is 1.37. The first-order chi connectivity index (χ1) is 19.4. The average Bonchev–Trinajstić information content (AvgIpc) is 3.49.